The SMILES string of the molecule is CC(C)(C)c1ccc2c(c1)N(Cc1nc(C(=O)NC3CCN(Cc4ccccc4)CC3)cs1)C(=O)CO2. The quantitative estimate of drug-likeness (QED) is 0.509. The number of nitrogens with one attached hydrogen (secondary N) is 1. The summed E-state index contributed by atoms with van der Waals surface area (Å²) in [6, 6.07) is 16.6. The average molecular weight is 519 g/mol. The lowest BCUT2D eigenvalue weighted by Gasteiger charge is -2.32. The third-order valence-corrected chi connectivity index (χ3v) is 7.85. The number of likely N-dealkylation sites (tertiary alicyclic amines) is 1. The highest BCUT2D eigenvalue weighted by molar-refractivity contribution is 7.09. The number of rotatable bonds is 6. The molecule has 0 atom stereocenters. The van der Waals surface area contributed by atoms with Crippen LogP contribution in [-0.2, 0) is 23.3 Å². The molecule has 1 N–H and O–H groups in total. The van der Waals surface area contributed by atoms with E-state index in [9.17, 15) is 9.59 Å². The molecule has 0 aliphatic carbocycles. The van der Waals surface area contributed by atoms with Gasteiger partial charge in [0.2, 0.25) is 0 Å². The predicted octanol–water partition coefficient (Wildman–Crippen LogP) is 4.76. The molecular weight excluding hydrogens is 484 g/mol. The highest BCUT2D eigenvalue weighted by Crippen LogP contribution is 2.37. The van der Waals surface area contributed by atoms with Gasteiger partial charge in [-0.2, -0.15) is 0 Å². The molecule has 1 fully saturated rings. The zero-order valence-electron chi connectivity index (χ0n) is 21.7. The van der Waals surface area contributed by atoms with Gasteiger partial charge in [0, 0.05) is 31.1 Å². The van der Waals surface area contributed by atoms with Crippen molar-refractivity contribution in [3.63, 3.8) is 0 Å². The van der Waals surface area contributed by atoms with Crippen LogP contribution >= 0.6 is 11.3 Å². The van der Waals surface area contributed by atoms with Crippen LogP contribution in [0, 0.1) is 0 Å². The summed E-state index contributed by atoms with van der Waals surface area (Å²) in [6.07, 6.45) is 1.84. The predicted molar refractivity (Wildman–Crippen MR) is 146 cm³/mol. The van der Waals surface area contributed by atoms with Crippen LogP contribution in [0.5, 0.6) is 5.75 Å². The van der Waals surface area contributed by atoms with E-state index in [1.54, 1.807) is 10.3 Å². The second kappa shape index (κ2) is 10.6. The number of amides is 2. The number of hydrogen-bond donors (Lipinski definition) is 1. The minimum atomic E-state index is -0.146. The average Bonchev–Trinajstić information content (AvgIpc) is 3.36. The Morgan fingerprint density at radius 3 is 2.59 bits per heavy atom. The summed E-state index contributed by atoms with van der Waals surface area (Å²) in [7, 11) is 0. The van der Waals surface area contributed by atoms with Crippen molar-refractivity contribution >= 4 is 28.8 Å². The molecule has 2 amide bonds. The Hall–Kier alpha value is -3.23. The van der Waals surface area contributed by atoms with Gasteiger partial charge >= 0.3 is 0 Å². The summed E-state index contributed by atoms with van der Waals surface area (Å²) in [5.41, 5.74) is 3.56. The van der Waals surface area contributed by atoms with E-state index in [1.165, 1.54) is 16.9 Å². The number of carbonyl (C=O) groups is 2. The number of aromatic nitrogens is 1. The summed E-state index contributed by atoms with van der Waals surface area (Å²) in [5, 5.41) is 5.67. The van der Waals surface area contributed by atoms with Crippen LogP contribution < -0.4 is 15.0 Å². The number of anilines is 1. The zero-order valence-corrected chi connectivity index (χ0v) is 22.5. The van der Waals surface area contributed by atoms with Crippen LogP contribution in [0.2, 0.25) is 0 Å². The second-order valence-electron chi connectivity index (χ2n) is 10.8. The standard InChI is InChI=1S/C29H34N4O3S/c1-29(2,3)21-9-10-25-24(15-21)33(27(34)18-36-25)17-26-31-23(19-37-26)28(35)30-22-11-13-32(14-12-22)16-20-7-5-4-6-8-20/h4-10,15,19,22H,11-14,16-18H2,1-3H3,(H,30,35). The van der Waals surface area contributed by atoms with Crippen molar-refractivity contribution in [3.05, 3.63) is 75.7 Å². The fourth-order valence-corrected chi connectivity index (χ4v) is 5.56. The number of fused-ring (bicyclic) bond motifs is 1. The molecule has 8 heteroatoms. The number of nitrogens with zero attached hydrogens (tertiary/aromatic N) is 3. The molecule has 0 spiro atoms. The van der Waals surface area contributed by atoms with Gasteiger partial charge in [-0.3, -0.25) is 19.4 Å². The van der Waals surface area contributed by atoms with Gasteiger partial charge in [-0.05, 0) is 41.5 Å². The lowest BCUT2D eigenvalue weighted by molar-refractivity contribution is -0.121. The van der Waals surface area contributed by atoms with Crippen LogP contribution in [0.3, 0.4) is 0 Å². The molecular formula is C29H34N4O3S. The first kappa shape index (κ1) is 25.4. The van der Waals surface area contributed by atoms with Gasteiger partial charge in [0.1, 0.15) is 16.5 Å². The van der Waals surface area contributed by atoms with Crippen LogP contribution in [0.1, 0.15) is 60.2 Å². The van der Waals surface area contributed by atoms with Crippen molar-refractivity contribution in [1.29, 1.82) is 0 Å². The fourth-order valence-electron chi connectivity index (χ4n) is 4.80. The summed E-state index contributed by atoms with van der Waals surface area (Å²) >= 11 is 1.41. The number of benzene rings is 2. The third-order valence-electron chi connectivity index (χ3n) is 7.02. The lowest BCUT2D eigenvalue weighted by atomic mass is 9.86. The molecule has 0 unspecified atom stereocenters. The first-order chi connectivity index (χ1) is 17.8. The zero-order chi connectivity index (χ0) is 26.0. The molecule has 0 radical (unpaired) electrons. The first-order valence-corrected chi connectivity index (χ1v) is 13.7. The molecule has 2 aliphatic rings. The smallest absolute Gasteiger partial charge is 0.270 e. The lowest BCUT2D eigenvalue weighted by Crippen LogP contribution is -2.44. The number of ether oxygens (including phenoxy) is 1. The number of hydrogen-bond acceptors (Lipinski definition) is 6. The number of piperidine rings is 1. The molecule has 7 nitrogen and oxygen atoms in total. The molecule has 2 aliphatic heterocycles. The van der Waals surface area contributed by atoms with Gasteiger partial charge in [0.25, 0.3) is 11.8 Å². The molecule has 194 valence electrons. The van der Waals surface area contributed by atoms with Gasteiger partial charge in [-0.1, -0.05) is 57.2 Å². The first-order valence-electron chi connectivity index (χ1n) is 12.9. The Labute approximate surface area is 222 Å². The summed E-state index contributed by atoms with van der Waals surface area (Å²) in [4.78, 5) is 34.4. The number of carbonyl (C=O) groups excluding carboxylic acids is 2. The van der Waals surface area contributed by atoms with Gasteiger partial charge in [0.15, 0.2) is 6.61 Å². The molecule has 1 aromatic heterocycles. The maximum atomic E-state index is 12.9. The molecule has 3 heterocycles. The van der Waals surface area contributed by atoms with E-state index >= 15 is 0 Å². The molecule has 2 aromatic carbocycles. The van der Waals surface area contributed by atoms with Crippen molar-refractivity contribution in [3.8, 4) is 5.75 Å². The van der Waals surface area contributed by atoms with E-state index in [1.807, 2.05) is 24.3 Å². The summed E-state index contributed by atoms with van der Waals surface area (Å²) in [5.74, 6) is 0.440. The van der Waals surface area contributed by atoms with Crippen LogP contribution in [0.25, 0.3) is 0 Å². The fraction of sp³-hybridized carbons (Fsp3) is 0.414. The summed E-state index contributed by atoms with van der Waals surface area (Å²) in [6.45, 7) is 9.60. The monoisotopic (exact) mass is 518 g/mol. The van der Waals surface area contributed by atoms with E-state index in [0.29, 0.717) is 18.0 Å². The molecule has 0 saturated carbocycles. The van der Waals surface area contributed by atoms with Crippen molar-refractivity contribution in [2.75, 3.05) is 24.6 Å². The third kappa shape index (κ3) is 6.02. The Balaban J connectivity index is 1.19. The van der Waals surface area contributed by atoms with Crippen molar-refractivity contribution in [2.45, 2.75) is 58.2 Å². The van der Waals surface area contributed by atoms with Crippen molar-refractivity contribution in [1.82, 2.24) is 15.2 Å². The Morgan fingerprint density at radius 1 is 1.11 bits per heavy atom. The number of thiazole rings is 1. The maximum absolute atomic E-state index is 12.9. The highest BCUT2D eigenvalue weighted by atomic mass is 32.1. The van der Waals surface area contributed by atoms with Crippen LogP contribution in [0.15, 0.2) is 53.9 Å². The summed E-state index contributed by atoms with van der Waals surface area (Å²) < 4.78 is 5.66. The van der Waals surface area contributed by atoms with E-state index < -0.39 is 0 Å². The molecule has 37 heavy (non-hydrogen) atoms. The van der Waals surface area contributed by atoms with E-state index in [2.05, 4.69) is 60.2 Å². The van der Waals surface area contributed by atoms with E-state index in [4.69, 9.17) is 4.74 Å². The van der Waals surface area contributed by atoms with Crippen molar-refractivity contribution < 1.29 is 14.3 Å². The molecule has 3 aromatic rings. The topological polar surface area (TPSA) is 74.8 Å². The molecule has 1 saturated heterocycles. The Kier molecular flexibility index (Phi) is 7.31. The van der Waals surface area contributed by atoms with Crippen molar-refractivity contribution in [2.24, 2.45) is 0 Å². The van der Waals surface area contributed by atoms with Crippen LogP contribution in [-0.4, -0.2) is 47.4 Å². The van der Waals surface area contributed by atoms with Crippen LogP contribution in [0.4, 0.5) is 5.69 Å². The molecule has 0 bridgehead atoms. The Bertz CT molecular complexity index is 1260. The molecule has 5 rings (SSSR count). The highest BCUT2D eigenvalue weighted by Gasteiger charge is 2.29. The Morgan fingerprint density at radius 2 is 1.86 bits per heavy atom. The maximum Gasteiger partial charge on any atom is 0.270 e. The normalized spacial score (nSPS) is 16.8. The largest absolute Gasteiger partial charge is 0.482 e. The van der Waals surface area contributed by atoms with E-state index in [0.717, 1.165) is 48.7 Å². The van der Waals surface area contributed by atoms with Gasteiger partial charge in [-0.25, -0.2) is 4.98 Å². The minimum Gasteiger partial charge on any atom is -0.482 e. The van der Waals surface area contributed by atoms with Gasteiger partial charge in [-0.15, -0.1) is 11.3 Å². The minimum absolute atomic E-state index is 0.00352. The second-order valence-corrected chi connectivity index (χ2v) is 11.8. The van der Waals surface area contributed by atoms with Gasteiger partial charge in [0.05, 0.1) is 12.2 Å². The van der Waals surface area contributed by atoms with E-state index in [-0.39, 0.29) is 29.9 Å². The van der Waals surface area contributed by atoms with Gasteiger partial charge < -0.3 is 10.1 Å².